The SMILES string of the molecule is NC(O)CC(F)(F)CCCCC1CC1. The van der Waals surface area contributed by atoms with Crippen molar-refractivity contribution in [3.8, 4) is 0 Å². The van der Waals surface area contributed by atoms with E-state index in [0.29, 0.717) is 6.42 Å². The lowest BCUT2D eigenvalue weighted by atomic mass is 10.1. The first kappa shape index (κ1) is 11.9. The Kier molecular flexibility index (Phi) is 4.26. The van der Waals surface area contributed by atoms with Gasteiger partial charge in [0.15, 0.2) is 0 Å². The van der Waals surface area contributed by atoms with Crippen LogP contribution in [-0.4, -0.2) is 17.3 Å². The number of hydrogen-bond acceptors (Lipinski definition) is 2. The molecule has 0 amide bonds. The Balaban J connectivity index is 2.01. The number of halogens is 2. The fourth-order valence-corrected chi connectivity index (χ4v) is 1.63. The number of aliphatic hydroxyl groups is 1. The van der Waals surface area contributed by atoms with E-state index in [1.165, 1.54) is 12.8 Å². The number of hydrogen-bond donors (Lipinski definition) is 2. The lowest BCUT2D eigenvalue weighted by Crippen LogP contribution is -2.29. The van der Waals surface area contributed by atoms with Crippen LogP contribution in [0.5, 0.6) is 0 Å². The van der Waals surface area contributed by atoms with Gasteiger partial charge in [0.1, 0.15) is 6.23 Å². The summed E-state index contributed by atoms with van der Waals surface area (Å²) >= 11 is 0. The maximum absolute atomic E-state index is 13.0. The lowest BCUT2D eigenvalue weighted by molar-refractivity contribution is -0.0508. The molecule has 0 radical (unpaired) electrons. The van der Waals surface area contributed by atoms with Crippen molar-refractivity contribution in [1.82, 2.24) is 0 Å². The summed E-state index contributed by atoms with van der Waals surface area (Å²) in [6.07, 6.45) is 2.90. The van der Waals surface area contributed by atoms with E-state index >= 15 is 0 Å². The molecule has 1 saturated carbocycles. The first-order valence-electron chi connectivity index (χ1n) is 5.31. The van der Waals surface area contributed by atoms with Crippen LogP contribution in [0.1, 0.15) is 44.9 Å². The van der Waals surface area contributed by atoms with Gasteiger partial charge in [-0.2, -0.15) is 0 Å². The zero-order valence-electron chi connectivity index (χ0n) is 8.38. The summed E-state index contributed by atoms with van der Waals surface area (Å²) in [7, 11) is 0. The van der Waals surface area contributed by atoms with Crippen LogP contribution in [0.2, 0.25) is 0 Å². The Morgan fingerprint density at radius 3 is 2.50 bits per heavy atom. The van der Waals surface area contributed by atoms with Gasteiger partial charge in [-0.3, -0.25) is 0 Å². The van der Waals surface area contributed by atoms with E-state index in [1.807, 2.05) is 0 Å². The molecule has 3 N–H and O–H groups in total. The third-order valence-corrected chi connectivity index (χ3v) is 2.61. The largest absolute Gasteiger partial charge is 0.379 e. The second kappa shape index (κ2) is 5.03. The van der Waals surface area contributed by atoms with Gasteiger partial charge in [-0.05, 0) is 12.3 Å². The fourth-order valence-electron chi connectivity index (χ4n) is 1.63. The molecule has 1 atom stereocenters. The minimum absolute atomic E-state index is 0.145. The van der Waals surface area contributed by atoms with E-state index < -0.39 is 18.6 Å². The summed E-state index contributed by atoms with van der Waals surface area (Å²) in [5.41, 5.74) is 4.92. The molecule has 84 valence electrons. The molecule has 2 nitrogen and oxygen atoms in total. The van der Waals surface area contributed by atoms with Gasteiger partial charge in [0, 0.05) is 6.42 Å². The molecule has 1 fully saturated rings. The van der Waals surface area contributed by atoms with E-state index in [0.717, 1.165) is 18.8 Å². The maximum atomic E-state index is 13.0. The molecule has 0 heterocycles. The summed E-state index contributed by atoms with van der Waals surface area (Å²) in [6, 6.07) is 0. The predicted molar refractivity (Wildman–Crippen MR) is 51.0 cm³/mol. The Morgan fingerprint density at radius 2 is 2.00 bits per heavy atom. The van der Waals surface area contributed by atoms with Gasteiger partial charge in [0.2, 0.25) is 0 Å². The molecule has 0 saturated heterocycles. The van der Waals surface area contributed by atoms with E-state index in [2.05, 4.69) is 0 Å². The lowest BCUT2D eigenvalue weighted by Gasteiger charge is -2.17. The molecule has 0 aromatic rings. The van der Waals surface area contributed by atoms with Crippen LogP contribution in [0.3, 0.4) is 0 Å². The van der Waals surface area contributed by atoms with Crippen LogP contribution in [0, 0.1) is 5.92 Å². The molecule has 1 rings (SSSR count). The minimum Gasteiger partial charge on any atom is -0.379 e. The standard InChI is InChI=1S/C10H19F2NO/c11-10(12,7-9(13)14)6-2-1-3-8-4-5-8/h8-9,14H,1-7,13H2. The van der Waals surface area contributed by atoms with Crippen molar-refractivity contribution in [3.63, 3.8) is 0 Å². The zero-order valence-corrected chi connectivity index (χ0v) is 8.38. The Labute approximate surface area is 83.5 Å². The molecule has 14 heavy (non-hydrogen) atoms. The van der Waals surface area contributed by atoms with Crippen molar-refractivity contribution in [3.05, 3.63) is 0 Å². The van der Waals surface area contributed by atoms with Crippen LogP contribution < -0.4 is 5.73 Å². The summed E-state index contributed by atoms with van der Waals surface area (Å²) in [4.78, 5) is 0. The highest BCUT2D eigenvalue weighted by Crippen LogP contribution is 2.35. The number of unbranched alkanes of at least 4 members (excludes halogenated alkanes) is 1. The van der Waals surface area contributed by atoms with E-state index in [4.69, 9.17) is 10.8 Å². The van der Waals surface area contributed by atoms with Crippen LogP contribution >= 0.6 is 0 Å². The highest BCUT2D eigenvalue weighted by Gasteiger charge is 2.30. The smallest absolute Gasteiger partial charge is 0.251 e. The van der Waals surface area contributed by atoms with Crippen LogP contribution in [0.4, 0.5) is 8.78 Å². The molecule has 0 bridgehead atoms. The molecule has 4 heteroatoms. The number of rotatable bonds is 7. The normalized spacial score (nSPS) is 19.7. The van der Waals surface area contributed by atoms with Crippen molar-refractivity contribution in [2.75, 3.05) is 0 Å². The Bertz CT molecular complexity index is 170. The van der Waals surface area contributed by atoms with Crippen LogP contribution in [0.25, 0.3) is 0 Å². The second-order valence-electron chi connectivity index (χ2n) is 4.32. The maximum Gasteiger partial charge on any atom is 0.251 e. The van der Waals surface area contributed by atoms with Crippen molar-refractivity contribution in [2.24, 2.45) is 11.7 Å². The van der Waals surface area contributed by atoms with E-state index in [-0.39, 0.29) is 6.42 Å². The molecule has 0 aromatic heterocycles. The quantitative estimate of drug-likeness (QED) is 0.497. The summed E-state index contributed by atoms with van der Waals surface area (Å²) in [5.74, 6) is -1.98. The summed E-state index contributed by atoms with van der Waals surface area (Å²) in [6.45, 7) is 0. The van der Waals surface area contributed by atoms with Gasteiger partial charge >= 0.3 is 0 Å². The van der Waals surface area contributed by atoms with Crippen molar-refractivity contribution in [2.45, 2.75) is 57.1 Å². The topological polar surface area (TPSA) is 46.2 Å². The molecule has 1 aliphatic rings. The molecular weight excluding hydrogens is 188 g/mol. The average molecular weight is 207 g/mol. The third-order valence-electron chi connectivity index (χ3n) is 2.61. The molecule has 1 unspecified atom stereocenters. The minimum atomic E-state index is -2.79. The highest BCUT2D eigenvalue weighted by molar-refractivity contribution is 4.74. The van der Waals surface area contributed by atoms with Crippen LogP contribution in [0.15, 0.2) is 0 Å². The molecule has 0 aliphatic heterocycles. The summed E-state index contributed by atoms with van der Waals surface area (Å²) < 4.78 is 25.9. The van der Waals surface area contributed by atoms with Gasteiger partial charge in [-0.1, -0.05) is 25.7 Å². The zero-order chi connectivity index (χ0) is 10.6. The first-order chi connectivity index (χ1) is 6.49. The molecule has 0 spiro atoms. The van der Waals surface area contributed by atoms with Crippen molar-refractivity contribution in [1.29, 1.82) is 0 Å². The van der Waals surface area contributed by atoms with Crippen molar-refractivity contribution < 1.29 is 13.9 Å². The number of aliphatic hydroxyl groups excluding tert-OH is 1. The van der Waals surface area contributed by atoms with Gasteiger partial charge in [0.05, 0.1) is 6.42 Å². The summed E-state index contributed by atoms with van der Waals surface area (Å²) in [5, 5.41) is 8.64. The average Bonchev–Trinajstić information content (AvgIpc) is 2.78. The van der Waals surface area contributed by atoms with E-state index in [9.17, 15) is 8.78 Å². The first-order valence-corrected chi connectivity index (χ1v) is 5.31. The number of alkyl halides is 2. The highest BCUT2D eigenvalue weighted by atomic mass is 19.3. The number of nitrogens with two attached hydrogens (primary N) is 1. The molecule has 0 aromatic carbocycles. The second-order valence-corrected chi connectivity index (χ2v) is 4.32. The van der Waals surface area contributed by atoms with Crippen molar-refractivity contribution >= 4 is 0 Å². The van der Waals surface area contributed by atoms with E-state index in [1.54, 1.807) is 0 Å². The van der Waals surface area contributed by atoms with Gasteiger partial charge in [-0.25, -0.2) is 8.78 Å². The molecular formula is C10H19F2NO. The third kappa shape index (κ3) is 5.50. The monoisotopic (exact) mass is 207 g/mol. The van der Waals surface area contributed by atoms with Gasteiger partial charge in [-0.15, -0.1) is 0 Å². The Morgan fingerprint density at radius 1 is 1.36 bits per heavy atom. The Hall–Kier alpha value is -0.220. The predicted octanol–water partition coefficient (Wildman–Crippen LogP) is 2.26. The fraction of sp³-hybridized carbons (Fsp3) is 1.00. The van der Waals surface area contributed by atoms with Crippen LogP contribution in [-0.2, 0) is 0 Å². The van der Waals surface area contributed by atoms with Gasteiger partial charge < -0.3 is 10.8 Å². The molecule has 1 aliphatic carbocycles. The van der Waals surface area contributed by atoms with Gasteiger partial charge in [0.25, 0.3) is 5.92 Å².